The van der Waals surface area contributed by atoms with Gasteiger partial charge in [-0.05, 0) is 19.4 Å². The fourth-order valence-electron chi connectivity index (χ4n) is 1.52. The normalized spacial score (nSPS) is 12.7. The smallest absolute Gasteiger partial charge is 0.318 e. The summed E-state index contributed by atoms with van der Waals surface area (Å²) in [6.07, 6.45) is 1.16. The quantitative estimate of drug-likeness (QED) is 0.753. The van der Waals surface area contributed by atoms with Crippen molar-refractivity contribution in [3.8, 4) is 0 Å². The standard InChI is InChI=1S/C12H24N4O/c1-5-10(4)9-16(7-3)12-15-14-11(17-12)8-13-6-2/h10,13H,5-9H2,1-4H3. The van der Waals surface area contributed by atoms with Crippen LogP contribution in [0.5, 0.6) is 0 Å². The van der Waals surface area contributed by atoms with Crippen LogP contribution < -0.4 is 10.2 Å². The second-order valence-corrected chi connectivity index (χ2v) is 4.31. The van der Waals surface area contributed by atoms with Crippen molar-refractivity contribution in [3.05, 3.63) is 5.89 Å². The summed E-state index contributed by atoms with van der Waals surface area (Å²) in [5, 5.41) is 11.3. The van der Waals surface area contributed by atoms with Crippen molar-refractivity contribution in [2.75, 3.05) is 24.5 Å². The Morgan fingerprint density at radius 3 is 2.65 bits per heavy atom. The number of nitrogens with zero attached hydrogens (tertiary/aromatic N) is 3. The molecule has 1 atom stereocenters. The Kier molecular flexibility index (Phi) is 5.97. The van der Waals surface area contributed by atoms with Gasteiger partial charge in [0, 0.05) is 13.1 Å². The van der Waals surface area contributed by atoms with Gasteiger partial charge < -0.3 is 14.6 Å². The first-order chi connectivity index (χ1) is 8.21. The van der Waals surface area contributed by atoms with Crippen LogP contribution in [0.3, 0.4) is 0 Å². The molecule has 0 radical (unpaired) electrons. The monoisotopic (exact) mass is 240 g/mol. The van der Waals surface area contributed by atoms with Gasteiger partial charge in [0.1, 0.15) is 0 Å². The molecule has 1 aromatic heterocycles. The molecule has 0 aliphatic heterocycles. The van der Waals surface area contributed by atoms with Crippen LogP contribution in [-0.2, 0) is 6.54 Å². The van der Waals surface area contributed by atoms with Gasteiger partial charge in [-0.3, -0.25) is 0 Å². The molecule has 98 valence electrons. The number of anilines is 1. The summed E-state index contributed by atoms with van der Waals surface area (Å²) < 4.78 is 5.63. The summed E-state index contributed by atoms with van der Waals surface area (Å²) >= 11 is 0. The molecule has 17 heavy (non-hydrogen) atoms. The molecule has 5 nitrogen and oxygen atoms in total. The number of aromatic nitrogens is 2. The lowest BCUT2D eigenvalue weighted by atomic mass is 10.1. The van der Waals surface area contributed by atoms with Crippen LogP contribution in [0.2, 0.25) is 0 Å². The Bertz CT molecular complexity index is 313. The summed E-state index contributed by atoms with van der Waals surface area (Å²) in [6, 6.07) is 0.640. The predicted molar refractivity (Wildman–Crippen MR) is 69.0 cm³/mol. The predicted octanol–water partition coefficient (Wildman–Crippen LogP) is 2.05. The van der Waals surface area contributed by atoms with E-state index in [-0.39, 0.29) is 0 Å². The van der Waals surface area contributed by atoms with E-state index in [4.69, 9.17) is 4.42 Å². The van der Waals surface area contributed by atoms with Crippen LogP contribution in [0.15, 0.2) is 4.42 Å². The maximum Gasteiger partial charge on any atom is 0.318 e. The molecule has 0 aromatic carbocycles. The molecule has 5 heteroatoms. The summed E-state index contributed by atoms with van der Waals surface area (Å²) in [7, 11) is 0. The van der Waals surface area contributed by atoms with Crippen LogP contribution in [0, 0.1) is 5.92 Å². The number of hydrogen-bond acceptors (Lipinski definition) is 5. The molecule has 1 heterocycles. The third kappa shape index (κ3) is 4.34. The second-order valence-electron chi connectivity index (χ2n) is 4.31. The van der Waals surface area contributed by atoms with Crippen molar-refractivity contribution in [3.63, 3.8) is 0 Å². The SMILES string of the molecule is CCNCc1nnc(N(CC)CC(C)CC)o1. The van der Waals surface area contributed by atoms with E-state index in [0.29, 0.717) is 24.4 Å². The molecule has 0 saturated heterocycles. The third-order valence-corrected chi connectivity index (χ3v) is 2.86. The van der Waals surface area contributed by atoms with Crippen molar-refractivity contribution in [2.45, 2.75) is 40.7 Å². The molecule has 1 unspecified atom stereocenters. The summed E-state index contributed by atoms with van der Waals surface area (Å²) in [5.74, 6) is 1.29. The largest absolute Gasteiger partial charge is 0.407 e. The van der Waals surface area contributed by atoms with Crippen LogP contribution in [0.4, 0.5) is 6.01 Å². The summed E-state index contributed by atoms with van der Waals surface area (Å²) in [5.41, 5.74) is 0. The maximum absolute atomic E-state index is 5.63. The Labute approximate surface area is 104 Å². The molecule has 0 aliphatic rings. The van der Waals surface area contributed by atoms with Gasteiger partial charge in [0.2, 0.25) is 5.89 Å². The van der Waals surface area contributed by atoms with Gasteiger partial charge in [-0.15, -0.1) is 5.10 Å². The van der Waals surface area contributed by atoms with E-state index >= 15 is 0 Å². The van der Waals surface area contributed by atoms with E-state index < -0.39 is 0 Å². The van der Waals surface area contributed by atoms with Gasteiger partial charge in [0.15, 0.2) is 0 Å². The van der Waals surface area contributed by atoms with Crippen molar-refractivity contribution in [1.82, 2.24) is 15.5 Å². The second kappa shape index (κ2) is 7.27. The molecule has 1 aromatic rings. The average Bonchev–Trinajstić information content (AvgIpc) is 2.81. The highest BCUT2D eigenvalue weighted by Crippen LogP contribution is 2.14. The van der Waals surface area contributed by atoms with Crippen LogP contribution in [0.25, 0.3) is 0 Å². The zero-order chi connectivity index (χ0) is 12.7. The summed E-state index contributed by atoms with van der Waals surface area (Å²) in [4.78, 5) is 2.14. The lowest BCUT2D eigenvalue weighted by Crippen LogP contribution is -2.28. The molecule has 1 N–H and O–H groups in total. The maximum atomic E-state index is 5.63. The van der Waals surface area contributed by atoms with E-state index in [1.165, 1.54) is 0 Å². The van der Waals surface area contributed by atoms with Gasteiger partial charge in [-0.2, -0.15) is 0 Å². The van der Waals surface area contributed by atoms with E-state index in [0.717, 1.165) is 26.1 Å². The molecular weight excluding hydrogens is 216 g/mol. The fourth-order valence-corrected chi connectivity index (χ4v) is 1.52. The van der Waals surface area contributed by atoms with E-state index in [1.54, 1.807) is 0 Å². The van der Waals surface area contributed by atoms with Gasteiger partial charge in [0.05, 0.1) is 6.54 Å². The molecule has 0 bridgehead atoms. The zero-order valence-corrected chi connectivity index (χ0v) is 11.4. The van der Waals surface area contributed by atoms with Gasteiger partial charge in [-0.1, -0.05) is 32.3 Å². The highest BCUT2D eigenvalue weighted by Gasteiger charge is 2.14. The minimum atomic E-state index is 0.638. The zero-order valence-electron chi connectivity index (χ0n) is 11.4. The molecule has 0 aliphatic carbocycles. The molecule has 0 saturated carbocycles. The Hall–Kier alpha value is -1.10. The van der Waals surface area contributed by atoms with Crippen molar-refractivity contribution in [2.24, 2.45) is 5.92 Å². The van der Waals surface area contributed by atoms with Crippen LogP contribution in [0.1, 0.15) is 40.0 Å². The van der Waals surface area contributed by atoms with E-state index in [1.807, 2.05) is 0 Å². The van der Waals surface area contributed by atoms with Crippen LogP contribution in [-0.4, -0.2) is 29.8 Å². The van der Waals surface area contributed by atoms with E-state index in [9.17, 15) is 0 Å². The minimum absolute atomic E-state index is 0.638. The lowest BCUT2D eigenvalue weighted by Gasteiger charge is -2.21. The minimum Gasteiger partial charge on any atom is -0.407 e. The van der Waals surface area contributed by atoms with E-state index in [2.05, 4.69) is 48.1 Å². The number of hydrogen-bond donors (Lipinski definition) is 1. The lowest BCUT2D eigenvalue weighted by molar-refractivity contribution is 0.450. The van der Waals surface area contributed by atoms with Gasteiger partial charge in [0.25, 0.3) is 0 Å². The first-order valence-electron chi connectivity index (χ1n) is 6.49. The Morgan fingerprint density at radius 1 is 1.29 bits per heavy atom. The fraction of sp³-hybridized carbons (Fsp3) is 0.833. The van der Waals surface area contributed by atoms with Crippen molar-refractivity contribution in [1.29, 1.82) is 0 Å². The highest BCUT2D eigenvalue weighted by molar-refractivity contribution is 5.23. The topological polar surface area (TPSA) is 54.2 Å². The Balaban J connectivity index is 2.58. The highest BCUT2D eigenvalue weighted by atomic mass is 16.4. The van der Waals surface area contributed by atoms with Gasteiger partial charge in [-0.25, -0.2) is 0 Å². The molecular formula is C12H24N4O. The van der Waals surface area contributed by atoms with Crippen molar-refractivity contribution < 1.29 is 4.42 Å². The molecule has 0 spiro atoms. The number of rotatable bonds is 8. The third-order valence-electron chi connectivity index (χ3n) is 2.86. The van der Waals surface area contributed by atoms with Gasteiger partial charge >= 0.3 is 6.01 Å². The summed E-state index contributed by atoms with van der Waals surface area (Å²) in [6.45, 7) is 12.0. The molecule has 0 amide bonds. The first kappa shape index (κ1) is 14.0. The first-order valence-corrected chi connectivity index (χ1v) is 6.49. The molecule has 0 fully saturated rings. The average molecular weight is 240 g/mol. The number of nitrogens with one attached hydrogen (secondary N) is 1. The Morgan fingerprint density at radius 2 is 2.06 bits per heavy atom. The van der Waals surface area contributed by atoms with Crippen LogP contribution >= 0.6 is 0 Å². The van der Waals surface area contributed by atoms with Crippen molar-refractivity contribution >= 4 is 6.01 Å². The molecule has 1 rings (SSSR count).